The fourth-order valence-corrected chi connectivity index (χ4v) is 2.46. The van der Waals surface area contributed by atoms with E-state index in [2.05, 4.69) is 0 Å². The van der Waals surface area contributed by atoms with Crippen molar-refractivity contribution in [2.45, 2.75) is 26.3 Å². The van der Waals surface area contributed by atoms with E-state index in [1.54, 1.807) is 4.90 Å². The van der Waals surface area contributed by atoms with E-state index in [0.717, 1.165) is 29.9 Å². The smallest absolute Gasteiger partial charge is 0.225 e. The SMILES string of the molecule is CC(CCCN)C(=O)N(C)Cc1ccc2c(c1)OCCO2. The molecule has 1 aromatic rings. The van der Waals surface area contributed by atoms with Gasteiger partial charge in [-0.25, -0.2) is 0 Å². The van der Waals surface area contributed by atoms with Gasteiger partial charge in [0.25, 0.3) is 0 Å². The van der Waals surface area contributed by atoms with Crippen molar-refractivity contribution < 1.29 is 14.3 Å². The van der Waals surface area contributed by atoms with Crippen LogP contribution in [0.15, 0.2) is 18.2 Å². The number of rotatable bonds is 6. The van der Waals surface area contributed by atoms with Crippen LogP contribution in [0.4, 0.5) is 0 Å². The molecule has 1 aromatic carbocycles. The lowest BCUT2D eigenvalue weighted by Gasteiger charge is -2.23. The highest BCUT2D eigenvalue weighted by atomic mass is 16.6. The molecule has 0 bridgehead atoms. The van der Waals surface area contributed by atoms with Gasteiger partial charge in [0.05, 0.1) is 0 Å². The highest BCUT2D eigenvalue weighted by molar-refractivity contribution is 5.78. The Morgan fingerprint density at radius 2 is 2.05 bits per heavy atom. The van der Waals surface area contributed by atoms with Crippen molar-refractivity contribution in [3.8, 4) is 11.5 Å². The average Bonchev–Trinajstić information content (AvgIpc) is 2.51. The van der Waals surface area contributed by atoms with Gasteiger partial charge < -0.3 is 20.1 Å². The Bertz CT molecular complexity index is 490. The van der Waals surface area contributed by atoms with Gasteiger partial charge in [-0.05, 0) is 37.1 Å². The van der Waals surface area contributed by atoms with Crippen molar-refractivity contribution in [3.63, 3.8) is 0 Å². The number of nitrogens with zero attached hydrogens (tertiary/aromatic N) is 1. The van der Waals surface area contributed by atoms with Crippen LogP contribution in [-0.2, 0) is 11.3 Å². The summed E-state index contributed by atoms with van der Waals surface area (Å²) in [4.78, 5) is 14.0. The Labute approximate surface area is 126 Å². The van der Waals surface area contributed by atoms with Crippen LogP contribution in [0.3, 0.4) is 0 Å². The monoisotopic (exact) mass is 292 g/mol. The molecule has 0 aliphatic carbocycles. The van der Waals surface area contributed by atoms with Gasteiger partial charge in [-0.2, -0.15) is 0 Å². The van der Waals surface area contributed by atoms with E-state index in [4.69, 9.17) is 15.2 Å². The molecule has 0 radical (unpaired) electrons. The van der Waals surface area contributed by atoms with Crippen molar-refractivity contribution in [2.75, 3.05) is 26.8 Å². The lowest BCUT2D eigenvalue weighted by atomic mass is 10.0. The minimum Gasteiger partial charge on any atom is -0.486 e. The van der Waals surface area contributed by atoms with Crippen LogP contribution in [0.5, 0.6) is 11.5 Å². The quantitative estimate of drug-likeness (QED) is 0.868. The molecule has 0 saturated carbocycles. The number of carbonyl (C=O) groups is 1. The number of amides is 1. The first-order valence-corrected chi connectivity index (χ1v) is 7.45. The number of nitrogens with two attached hydrogens (primary N) is 1. The zero-order chi connectivity index (χ0) is 15.2. The van der Waals surface area contributed by atoms with E-state index in [1.165, 1.54) is 0 Å². The molecule has 116 valence electrons. The summed E-state index contributed by atoms with van der Waals surface area (Å²) < 4.78 is 11.1. The van der Waals surface area contributed by atoms with Crippen LogP contribution >= 0.6 is 0 Å². The largest absolute Gasteiger partial charge is 0.486 e. The molecular weight excluding hydrogens is 268 g/mol. The lowest BCUT2D eigenvalue weighted by Crippen LogP contribution is -2.31. The maximum absolute atomic E-state index is 12.3. The molecule has 2 rings (SSSR count). The van der Waals surface area contributed by atoms with Crippen LogP contribution < -0.4 is 15.2 Å². The summed E-state index contributed by atoms with van der Waals surface area (Å²) in [6.45, 7) is 4.31. The Morgan fingerprint density at radius 1 is 1.33 bits per heavy atom. The van der Waals surface area contributed by atoms with Gasteiger partial charge in [0.2, 0.25) is 5.91 Å². The summed E-state index contributed by atoms with van der Waals surface area (Å²) in [6.07, 6.45) is 1.71. The molecule has 1 unspecified atom stereocenters. The third kappa shape index (κ3) is 4.11. The molecular formula is C16H24N2O3. The highest BCUT2D eigenvalue weighted by Crippen LogP contribution is 2.31. The number of ether oxygens (including phenoxy) is 2. The maximum atomic E-state index is 12.3. The summed E-state index contributed by atoms with van der Waals surface area (Å²) in [5, 5.41) is 0. The number of benzene rings is 1. The summed E-state index contributed by atoms with van der Waals surface area (Å²) in [5.74, 6) is 1.69. The molecule has 0 fully saturated rings. The second-order valence-electron chi connectivity index (χ2n) is 5.50. The molecule has 5 nitrogen and oxygen atoms in total. The van der Waals surface area contributed by atoms with E-state index in [0.29, 0.717) is 26.3 Å². The zero-order valence-corrected chi connectivity index (χ0v) is 12.8. The number of fused-ring (bicyclic) bond motifs is 1. The van der Waals surface area contributed by atoms with Crippen molar-refractivity contribution in [1.29, 1.82) is 0 Å². The van der Waals surface area contributed by atoms with E-state index in [9.17, 15) is 4.79 Å². The molecule has 1 aliphatic rings. The van der Waals surface area contributed by atoms with Crippen LogP contribution in [0.1, 0.15) is 25.3 Å². The van der Waals surface area contributed by atoms with Crippen LogP contribution in [-0.4, -0.2) is 37.6 Å². The minimum atomic E-state index is 0.00996. The van der Waals surface area contributed by atoms with Gasteiger partial charge in [0.1, 0.15) is 13.2 Å². The molecule has 1 amide bonds. The Kier molecular flexibility index (Phi) is 5.44. The molecule has 1 aliphatic heterocycles. The predicted octanol–water partition coefficient (Wildman–Crippen LogP) is 1.79. The first kappa shape index (κ1) is 15.6. The van der Waals surface area contributed by atoms with E-state index in [1.807, 2.05) is 32.2 Å². The van der Waals surface area contributed by atoms with Gasteiger partial charge >= 0.3 is 0 Å². The van der Waals surface area contributed by atoms with Crippen LogP contribution in [0.2, 0.25) is 0 Å². The molecule has 0 spiro atoms. The summed E-state index contributed by atoms with van der Waals surface area (Å²) >= 11 is 0. The average molecular weight is 292 g/mol. The van der Waals surface area contributed by atoms with Gasteiger partial charge in [0.15, 0.2) is 11.5 Å². The second-order valence-corrected chi connectivity index (χ2v) is 5.50. The molecule has 0 aromatic heterocycles. The molecule has 1 atom stereocenters. The first-order valence-electron chi connectivity index (χ1n) is 7.45. The van der Waals surface area contributed by atoms with Crippen LogP contribution in [0.25, 0.3) is 0 Å². The third-order valence-electron chi connectivity index (χ3n) is 3.67. The Balaban J connectivity index is 1.95. The first-order chi connectivity index (χ1) is 10.1. The van der Waals surface area contributed by atoms with Gasteiger partial charge in [-0.3, -0.25) is 4.79 Å². The molecule has 0 saturated heterocycles. The molecule has 21 heavy (non-hydrogen) atoms. The fourth-order valence-electron chi connectivity index (χ4n) is 2.46. The second kappa shape index (κ2) is 7.31. The third-order valence-corrected chi connectivity index (χ3v) is 3.67. The zero-order valence-electron chi connectivity index (χ0n) is 12.8. The summed E-state index contributed by atoms with van der Waals surface area (Å²) in [6, 6.07) is 5.82. The van der Waals surface area contributed by atoms with Crippen molar-refractivity contribution >= 4 is 5.91 Å². The topological polar surface area (TPSA) is 64.8 Å². The lowest BCUT2D eigenvalue weighted by molar-refractivity contribution is -0.134. The molecule has 1 heterocycles. The Morgan fingerprint density at radius 3 is 2.76 bits per heavy atom. The maximum Gasteiger partial charge on any atom is 0.225 e. The van der Waals surface area contributed by atoms with Gasteiger partial charge in [-0.15, -0.1) is 0 Å². The normalized spacial score (nSPS) is 14.6. The molecule has 2 N–H and O–H groups in total. The van der Waals surface area contributed by atoms with E-state index in [-0.39, 0.29) is 11.8 Å². The summed E-state index contributed by atoms with van der Waals surface area (Å²) in [5.41, 5.74) is 6.53. The Hall–Kier alpha value is -1.75. The van der Waals surface area contributed by atoms with Gasteiger partial charge in [-0.1, -0.05) is 13.0 Å². The van der Waals surface area contributed by atoms with E-state index < -0.39 is 0 Å². The standard InChI is InChI=1S/C16H24N2O3/c1-12(4-3-7-17)16(19)18(2)11-13-5-6-14-15(10-13)21-9-8-20-14/h5-6,10,12H,3-4,7-9,11,17H2,1-2H3. The number of hydrogen-bond donors (Lipinski definition) is 1. The van der Waals surface area contributed by atoms with Crippen molar-refractivity contribution in [3.05, 3.63) is 23.8 Å². The predicted molar refractivity (Wildman–Crippen MR) is 81.4 cm³/mol. The van der Waals surface area contributed by atoms with Crippen LogP contribution in [0, 0.1) is 5.92 Å². The van der Waals surface area contributed by atoms with Gasteiger partial charge in [0, 0.05) is 19.5 Å². The number of carbonyl (C=O) groups excluding carboxylic acids is 1. The fraction of sp³-hybridized carbons (Fsp3) is 0.562. The molecule has 5 heteroatoms. The van der Waals surface area contributed by atoms with Crippen molar-refractivity contribution in [2.24, 2.45) is 11.7 Å². The summed E-state index contributed by atoms with van der Waals surface area (Å²) in [7, 11) is 1.83. The number of hydrogen-bond acceptors (Lipinski definition) is 4. The highest BCUT2D eigenvalue weighted by Gasteiger charge is 2.18. The van der Waals surface area contributed by atoms with E-state index >= 15 is 0 Å². The van der Waals surface area contributed by atoms with Crippen molar-refractivity contribution in [1.82, 2.24) is 4.90 Å². The minimum absolute atomic E-state index is 0.00996.